The smallest absolute Gasteiger partial charge is 0.344 e. The first-order chi connectivity index (χ1) is 12.1. The van der Waals surface area contributed by atoms with Crippen molar-refractivity contribution in [3.8, 4) is 11.5 Å². The predicted molar refractivity (Wildman–Crippen MR) is 98.5 cm³/mol. The van der Waals surface area contributed by atoms with Gasteiger partial charge in [0.05, 0.1) is 17.9 Å². The van der Waals surface area contributed by atoms with Gasteiger partial charge < -0.3 is 14.3 Å². The second kappa shape index (κ2) is 7.49. The molecule has 0 saturated carbocycles. The maximum absolute atomic E-state index is 12.4. The molecule has 0 spiro atoms. The van der Waals surface area contributed by atoms with Crippen molar-refractivity contribution in [3.63, 3.8) is 0 Å². The zero-order valence-electron chi connectivity index (χ0n) is 13.9. The highest BCUT2D eigenvalue weighted by Crippen LogP contribution is 2.42. The van der Waals surface area contributed by atoms with Crippen LogP contribution in [0.5, 0.6) is 11.5 Å². The molecule has 0 radical (unpaired) electrons. The Labute approximate surface area is 150 Å². The molecule has 0 aliphatic carbocycles. The molecule has 1 heterocycles. The lowest BCUT2D eigenvalue weighted by Gasteiger charge is -2.18. The number of benzene rings is 2. The van der Waals surface area contributed by atoms with Crippen molar-refractivity contribution in [1.29, 1.82) is 0 Å². The van der Waals surface area contributed by atoms with Crippen LogP contribution in [0.15, 0.2) is 74.8 Å². The van der Waals surface area contributed by atoms with Crippen LogP contribution in [0.1, 0.15) is 22.1 Å². The lowest BCUT2D eigenvalue weighted by Crippen LogP contribution is -2.12. The van der Waals surface area contributed by atoms with E-state index < -0.39 is 10.9 Å². The average Bonchev–Trinajstić information content (AvgIpc) is 2.61. The highest BCUT2D eigenvalue weighted by atomic mass is 32.2. The third kappa shape index (κ3) is 3.88. The summed E-state index contributed by atoms with van der Waals surface area (Å²) in [7, 11) is 1.60. The van der Waals surface area contributed by atoms with Crippen molar-refractivity contribution in [3.05, 3.63) is 88.0 Å². The molecule has 1 unspecified atom stereocenters. The van der Waals surface area contributed by atoms with Gasteiger partial charge in [0.15, 0.2) is 0 Å². The molecule has 1 atom stereocenters. The summed E-state index contributed by atoms with van der Waals surface area (Å²) < 4.78 is 10.4. The number of ether oxygens (including phenoxy) is 1. The standard InChI is InChI=1S/C20H18O4S/c1-13-12-17(21)18(20(22)24-13)19(25-16-6-4-3-5-7-16)14-8-10-15(23-2)11-9-14/h3-12,19,21H,1-2H3. The van der Waals surface area contributed by atoms with Gasteiger partial charge in [0.2, 0.25) is 0 Å². The third-order valence-corrected chi connectivity index (χ3v) is 5.06. The number of thioether (sulfide) groups is 1. The molecule has 1 N–H and O–H groups in total. The van der Waals surface area contributed by atoms with Gasteiger partial charge >= 0.3 is 5.63 Å². The van der Waals surface area contributed by atoms with Crippen LogP contribution in [-0.4, -0.2) is 12.2 Å². The summed E-state index contributed by atoms with van der Waals surface area (Å²) >= 11 is 1.48. The van der Waals surface area contributed by atoms with E-state index in [0.29, 0.717) is 5.76 Å². The number of rotatable bonds is 5. The van der Waals surface area contributed by atoms with E-state index in [1.165, 1.54) is 17.8 Å². The molecular formula is C20H18O4S. The van der Waals surface area contributed by atoms with E-state index in [9.17, 15) is 9.90 Å². The summed E-state index contributed by atoms with van der Waals surface area (Å²) in [5.74, 6) is 1.05. The van der Waals surface area contributed by atoms with E-state index in [0.717, 1.165) is 16.2 Å². The second-order valence-electron chi connectivity index (χ2n) is 5.53. The van der Waals surface area contributed by atoms with Crippen molar-refractivity contribution < 1.29 is 14.3 Å². The second-order valence-corrected chi connectivity index (χ2v) is 6.71. The molecule has 0 bridgehead atoms. The van der Waals surface area contributed by atoms with Gasteiger partial charge in [-0.05, 0) is 36.8 Å². The zero-order chi connectivity index (χ0) is 17.8. The number of methoxy groups -OCH3 is 1. The van der Waals surface area contributed by atoms with Crippen LogP contribution in [-0.2, 0) is 0 Å². The molecule has 1 aromatic heterocycles. The van der Waals surface area contributed by atoms with Gasteiger partial charge in [0, 0.05) is 11.0 Å². The van der Waals surface area contributed by atoms with Crippen molar-refractivity contribution in [2.45, 2.75) is 17.1 Å². The van der Waals surface area contributed by atoms with E-state index in [4.69, 9.17) is 9.15 Å². The van der Waals surface area contributed by atoms with Crippen LogP contribution in [0.25, 0.3) is 0 Å². The molecule has 3 rings (SSSR count). The summed E-state index contributed by atoms with van der Waals surface area (Å²) in [6.07, 6.45) is 0. The summed E-state index contributed by atoms with van der Waals surface area (Å²) in [5, 5.41) is 9.99. The first kappa shape index (κ1) is 17.2. The summed E-state index contributed by atoms with van der Waals surface area (Å²) in [5.41, 5.74) is 0.590. The van der Waals surface area contributed by atoms with Gasteiger partial charge in [-0.25, -0.2) is 4.79 Å². The number of aryl methyl sites for hydroxylation is 1. The van der Waals surface area contributed by atoms with Gasteiger partial charge in [0.1, 0.15) is 17.3 Å². The maximum Gasteiger partial charge on any atom is 0.344 e. The summed E-state index contributed by atoms with van der Waals surface area (Å²) in [4.78, 5) is 13.4. The Morgan fingerprint density at radius 3 is 2.36 bits per heavy atom. The number of hydrogen-bond acceptors (Lipinski definition) is 5. The number of hydrogen-bond donors (Lipinski definition) is 1. The first-order valence-corrected chi connectivity index (χ1v) is 8.65. The minimum absolute atomic E-state index is 0.0574. The Kier molecular flexibility index (Phi) is 5.14. The molecule has 0 aliphatic heterocycles. The summed E-state index contributed by atoms with van der Waals surface area (Å²) in [6.45, 7) is 1.64. The molecule has 5 heteroatoms. The highest BCUT2D eigenvalue weighted by molar-refractivity contribution is 7.99. The van der Waals surface area contributed by atoms with Crippen molar-refractivity contribution in [1.82, 2.24) is 0 Å². The summed E-state index contributed by atoms with van der Waals surface area (Å²) in [6, 6.07) is 18.7. The molecular weight excluding hydrogens is 336 g/mol. The molecule has 3 aromatic rings. The Bertz CT molecular complexity index is 901. The van der Waals surface area contributed by atoms with Gasteiger partial charge in [-0.15, -0.1) is 11.8 Å². The van der Waals surface area contributed by atoms with Crippen LogP contribution in [0.3, 0.4) is 0 Å². The monoisotopic (exact) mass is 354 g/mol. The lowest BCUT2D eigenvalue weighted by molar-refractivity contribution is 0.414. The molecule has 128 valence electrons. The minimum atomic E-state index is -0.526. The van der Waals surface area contributed by atoms with Gasteiger partial charge in [-0.2, -0.15) is 0 Å². The Morgan fingerprint density at radius 1 is 1.08 bits per heavy atom. The molecule has 25 heavy (non-hydrogen) atoms. The quantitative estimate of drug-likeness (QED) is 0.682. The maximum atomic E-state index is 12.4. The van der Waals surface area contributed by atoms with Crippen LogP contribution < -0.4 is 10.4 Å². The van der Waals surface area contributed by atoms with E-state index in [1.54, 1.807) is 14.0 Å². The SMILES string of the molecule is COc1ccc(C(Sc2ccccc2)c2c(O)cc(C)oc2=O)cc1. The third-order valence-electron chi connectivity index (χ3n) is 3.77. The fourth-order valence-electron chi connectivity index (χ4n) is 2.55. The molecule has 0 saturated heterocycles. The lowest BCUT2D eigenvalue weighted by atomic mass is 10.0. The van der Waals surface area contributed by atoms with Gasteiger partial charge in [-0.1, -0.05) is 30.3 Å². The van der Waals surface area contributed by atoms with E-state index in [-0.39, 0.29) is 11.3 Å². The zero-order valence-corrected chi connectivity index (χ0v) is 14.7. The highest BCUT2D eigenvalue weighted by Gasteiger charge is 2.24. The first-order valence-electron chi connectivity index (χ1n) is 7.77. The minimum Gasteiger partial charge on any atom is -0.507 e. The van der Waals surface area contributed by atoms with E-state index in [2.05, 4.69) is 0 Å². The van der Waals surface area contributed by atoms with E-state index in [1.807, 2.05) is 54.6 Å². The fraction of sp³-hybridized carbons (Fsp3) is 0.150. The molecule has 4 nitrogen and oxygen atoms in total. The fourth-order valence-corrected chi connectivity index (χ4v) is 3.77. The Balaban J connectivity index is 2.10. The van der Waals surface area contributed by atoms with E-state index >= 15 is 0 Å². The Morgan fingerprint density at radius 2 is 1.76 bits per heavy atom. The van der Waals surface area contributed by atoms with Crippen molar-refractivity contribution in [2.75, 3.05) is 7.11 Å². The van der Waals surface area contributed by atoms with Crippen LogP contribution >= 0.6 is 11.8 Å². The van der Waals surface area contributed by atoms with Gasteiger partial charge in [0.25, 0.3) is 0 Å². The predicted octanol–water partition coefficient (Wildman–Crippen LogP) is 4.54. The van der Waals surface area contributed by atoms with Gasteiger partial charge in [-0.3, -0.25) is 0 Å². The van der Waals surface area contributed by atoms with Crippen molar-refractivity contribution in [2.24, 2.45) is 0 Å². The molecule has 2 aromatic carbocycles. The van der Waals surface area contributed by atoms with Crippen LogP contribution in [0, 0.1) is 6.92 Å². The Hall–Kier alpha value is -2.66. The molecule has 0 fully saturated rings. The largest absolute Gasteiger partial charge is 0.507 e. The van der Waals surface area contributed by atoms with Crippen molar-refractivity contribution >= 4 is 11.8 Å². The topological polar surface area (TPSA) is 59.7 Å². The normalized spacial score (nSPS) is 11.9. The average molecular weight is 354 g/mol. The van der Waals surface area contributed by atoms with Crippen LogP contribution in [0.4, 0.5) is 0 Å². The molecule has 0 aliphatic rings. The number of aromatic hydroxyl groups is 1. The van der Waals surface area contributed by atoms with Crippen LogP contribution in [0.2, 0.25) is 0 Å². The molecule has 0 amide bonds.